The monoisotopic (exact) mass is 449 g/mol. The lowest BCUT2D eigenvalue weighted by atomic mass is 9.99. The van der Waals surface area contributed by atoms with Gasteiger partial charge in [-0.3, -0.25) is 4.57 Å². The number of benzene rings is 2. The number of nitrogens with one attached hydrogen (secondary N) is 1. The third-order valence-corrected chi connectivity index (χ3v) is 7.14. The van der Waals surface area contributed by atoms with Crippen molar-refractivity contribution in [3.8, 4) is 11.5 Å². The molecule has 1 heterocycles. The summed E-state index contributed by atoms with van der Waals surface area (Å²) in [5.41, 5.74) is 0.515. The Morgan fingerprint density at radius 2 is 1.84 bits per heavy atom. The topological polar surface area (TPSA) is 83.1 Å². The molecule has 0 bridgehead atoms. The Kier molecular flexibility index (Phi) is 7.15. The van der Waals surface area contributed by atoms with Crippen LogP contribution in [0, 0.1) is 5.82 Å². The first-order valence-electron chi connectivity index (χ1n) is 9.85. The fourth-order valence-corrected chi connectivity index (χ4v) is 5.74. The third-order valence-electron chi connectivity index (χ3n) is 4.73. The number of anilines is 1. The maximum atomic E-state index is 13.8. The average Bonchev–Trinajstić information content (AvgIpc) is 2.74. The molecule has 1 atom stereocenters. The molecule has 1 aliphatic heterocycles. The number of carbonyl (C=O) groups is 1. The van der Waals surface area contributed by atoms with Gasteiger partial charge in [-0.15, -0.1) is 0 Å². The van der Waals surface area contributed by atoms with Gasteiger partial charge in [0.1, 0.15) is 11.4 Å². The summed E-state index contributed by atoms with van der Waals surface area (Å²) in [5, 5.41) is 3.06. The lowest BCUT2D eigenvalue weighted by Gasteiger charge is -2.33. The van der Waals surface area contributed by atoms with Gasteiger partial charge in [0.05, 0.1) is 25.9 Å². The number of fused-ring (bicyclic) bond motifs is 1. The molecule has 0 fully saturated rings. The van der Waals surface area contributed by atoms with Gasteiger partial charge in [-0.25, -0.2) is 9.18 Å². The maximum Gasteiger partial charge on any atom is 0.342 e. The fraction of sp³-hybridized carbons (Fsp3) is 0.318. The molecule has 9 heteroatoms. The predicted octanol–water partition coefficient (Wildman–Crippen LogP) is 5.45. The highest BCUT2D eigenvalue weighted by molar-refractivity contribution is 7.54. The van der Waals surface area contributed by atoms with E-state index in [2.05, 4.69) is 5.32 Å². The van der Waals surface area contributed by atoms with E-state index in [4.69, 9.17) is 18.5 Å². The highest BCUT2D eigenvalue weighted by Gasteiger charge is 2.47. The van der Waals surface area contributed by atoms with Gasteiger partial charge in [0, 0.05) is 23.0 Å². The molecule has 31 heavy (non-hydrogen) atoms. The summed E-state index contributed by atoms with van der Waals surface area (Å²) in [7, 11) is -2.43. The minimum Gasteiger partial charge on any atom is -0.494 e. The lowest BCUT2D eigenvalue weighted by molar-refractivity contribution is -0.131. The van der Waals surface area contributed by atoms with Crippen molar-refractivity contribution in [1.82, 2.24) is 0 Å². The number of halogens is 1. The molecular weight excluding hydrogens is 424 g/mol. The molecule has 7 nitrogen and oxygen atoms in total. The molecular formula is C22H25FNO6P. The molecule has 0 radical (unpaired) electrons. The van der Waals surface area contributed by atoms with Crippen LogP contribution < -0.4 is 14.8 Å². The Balaban J connectivity index is 2.15. The minimum absolute atomic E-state index is 0.0465. The highest BCUT2D eigenvalue weighted by Crippen LogP contribution is 2.66. The molecule has 1 N–H and O–H groups in total. The molecule has 0 spiro atoms. The number of hydrogen-bond donors (Lipinski definition) is 1. The van der Waals surface area contributed by atoms with E-state index in [0.717, 1.165) is 0 Å². The Morgan fingerprint density at radius 3 is 2.48 bits per heavy atom. The van der Waals surface area contributed by atoms with Crippen LogP contribution in [0.15, 0.2) is 53.7 Å². The van der Waals surface area contributed by atoms with Crippen LogP contribution in [0.4, 0.5) is 10.1 Å². The van der Waals surface area contributed by atoms with Crippen molar-refractivity contribution in [1.29, 1.82) is 0 Å². The second kappa shape index (κ2) is 9.64. The van der Waals surface area contributed by atoms with Crippen molar-refractivity contribution >= 4 is 19.3 Å². The minimum atomic E-state index is -3.79. The number of para-hydroxylation sites is 1. The SMILES string of the molecule is CCOP(=O)(OCC)C1C(=C(C)Nc2ccc(F)c(OC)c2)C(=O)Oc2ccccc21. The second-order valence-corrected chi connectivity index (χ2v) is 8.83. The van der Waals surface area contributed by atoms with Crippen LogP contribution in [-0.4, -0.2) is 26.3 Å². The molecule has 0 saturated carbocycles. The van der Waals surface area contributed by atoms with E-state index in [1.807, 2.05) is 0 Å². The van der Waals surface area contributed by atoms with E-state index in [-0.39, 0.29) is 24.5 Å². The Hall–Kier alpha value is -2.67. The molecule has 1 aliphatic rings. The van der Waals surface area contributed by atoms with Crippen molar-refractivity contribution in [2.75, 3.05) is 25.6 Å². The standard InChI is InChI=1S/C22H25FNO6P/c1-5-28-31(26,29-6-2)21-16-9-7-8-10-18(16)30-22(25)20(21)14(3)24-15-11-12-17(23)19(13-15)27-4/h7-13,21,24H,5-6H2,1-4H3. The van der Waals surface area contributed by atoms with Crippen molar-refractivity contribution in [3.05, 3.63) is 65.1 Å². The molecule has 2 aromatic rings. The van der Waals surface area contributed by atoms with Gasteiger partial charge in [-0.2, -0.15) is 0 Å². The zero-order valence-electron chi connectivity index (χ0n) is 17.8. The van der Waals surface area contributed by atoms with Gasteiger partial charge in [-0.05, 0) is 39.0 Å². The number of rotatable bonds is 8. The van der Waals surface area contributed by atoms with E-state index in [1.54, 1.807) is 45.0 Å². The number of esters is 1. The fourth-order valence-electron chi connectivity index (χ4n) is 3.48. The molecule has 166 valence electrons. The van der Waals surface area contributed by atoms with Crippen LogP contribution in [0.25, 0.3) is 0 Å². The van der Waals surface area contributed by atoms with Crippen molar-refractivity contribution in [2.45, 2.75) is 26.4 Å². The van der Waals surface area contributed by atoms with Crippen LogP contribution >= 0.6 is 7.60 Å². The van der Waals surface area contributed by atoms with E-state index in [0.29, 0.717) is 22.7 Å². The normalized spacial score (nSPS) is 17.6. The summed E-state index contributed by atoms with van der Waals surface area (Å²) in [6, 6.07) is 11.1. The van der Waals surface area contributed by atoms with Crippen LogP contribution in [0.5, 0.6) is 11.5 Å². The highest BCUT2D eigenvalue weighted by atomic mass is 31.2. The number of hydrogen-bond acceptors (Lipinski definition) is 7. The largest absolute Gasteiger partial charge is 0.494 e. The number of allylic oxidation sites excluding steroid dienone is 1. The number of ether oxygens (including phenoxy) is 2. The van der Waals surface area contributed by atoms with Crippen LogP contribution in [0.3, 0.4) is 0 Å². The van der Waals surface area contributed by atoms with E-state index in [9.17, 15) is 13.8 Å². The second-order valence-electron chi connectivity index (χ2n) is 6.72. The van der Waals surface area contributed by atoms with Crippen molar-refractivity contribution < 1.29 is 32.3 Å². The quantitative estimate of drug-likeness (QED) is 0.248. The zero-order valence-corrected chi connectivity index (χ0v) is 18.7. The summed E-state index contributed by atoms with van der Waals surface area (Å²) in [6.07, 6.45) is 0. The molecule has 1 unspecified atom stereocenters. The first-order valence-corrected chi connectivity index (χ1v) is 11.5. The van der Waals surface area contributed by atoms with Crippen molar-refractivity contribution in [2.24, 2.45) is 0 Å². The first-order chi connectivity index (χ1) is 14.8. The molecule has 3 rings (SSSR count). The molecule has 2 aromatic carbocycles. The zero-order chi connectivity index (χ0) is 22.6. The van der Waals surface area contributed by atoms with Gasteiger partial charge >= 0.3 is 13.6 Å². The summed E-state index contributed by atoms with van der Waals surface area (Å²) >= 11 is 0. The molecule has 0 amide bonds. The molecule has 0 aromatic heterocycles. The van der Waals surface area contributed by atoms with Crippen LogP contribution in [-0.2, 0) is 18.4 Å². The summed E-state index contributed by atoms with van der Waals surface area (Å²) in [4.78, 5) is 13.0. The molecule has 0 saturated heterocycles. The Bertz CT molecular complexity index is 1040. The predicted molar refractivity (Wildman–Crippen MR) is 115 cm³/mol. The average molecular weight is 449 g/mol. The third kappa shape index (κ3) is 4.66. The van der Waals surface area contributed by atoms with E-state index >= 15 is 0 Å². The van der Waals surface area contributed by atoms with Gasteiger partial charge in [-0.1, -0.05) is 18.2 Å². The number of methoxy groups -OCH3 is 1. The van der Waals surface area contributed by atoms with Gasteiger partial charge in [0.2, 0.25) is 0 Å². The lowest BCUT2D eigenvalue weighted by Crippen LogP contribution is -2.27. The summed E-state index contributed by atoms with van der Waals surface area (Å²) < 4.78 is 49.3. The van der Waals surface area contributed by atoms with Gasteiger partial charge in [0.25, 0.3) is 0 Å². The maximum absolute atomic E-state index is 13.8. The van der Waals surface area contributed by atoms with Crippen LogP contribution in [0.1, 0.15) is 32.0 Å². The summed E-state index contributed by atoms with van der Waals surface area (Å²) in [6.45, 7) is 5.34. The summed E-state index contributed by atoms with van der Waals surface area (Å²) in [5.74, 6) is -0.829. The smallest absolute Gasteiger partial charge is 0.342 e. The van der Waals surface area contributed by atoms with E-state index < -0.39 is 25.0 Å². The number of carbonyl (C=O) groups excluding carboxylic acids is 1. The van der Waals surface area contributed by atoms with Gasteiger partial charge in [0.15, 0.2) is 11.6 Å². The van der Waals surface area contributed by atoms with Gasteiger partial charge < -0.3 is 23.8 Å². The van der Waals surface area contributed by atoms with Crippen molar-refractivity contribution in [3.63, 3.8) is 0 Å². The first kappa shape index (κ1) is 23.0. The Labute approximate surface area is 180 Å². The molecule has 0 aliphatic carbocycles. The van der Waals surface area contributed by atoms with E-state index in [1.165, 1.54) is 25.3 Å². The van der Waals surface area contributed by atoms with Crippen LogP contribution in [0.2, 0.25) is 0 Å². The Morgan fingerprint density at radius 1 is 1.16 bits per heavy atom.